The maximum absolute atomic E-state index is 11.8. The number of rotatable bonds is 6. The molecule has 0 radical (unpaired) electrons. The number of hydrogen-bond acceptors (Lipinski definition) is 6. The van der Waals surface area contributed by atoms with Crippen molar-refractivity contribution in [3.05, 3.63) is 45.8 Å². The number of benzene rings is 1. The molecular formula is C18H20ClN3O3S. The van der Waals surface area contributed by atoms with Crippen LogP contribution in [0, 0.1) is 6.92 Å². The fraction of sp³-hybridized carbons (Fsp3) is 0.333. The number of thiophene rings is 1. The van der Waals surface area contributed by atoms with E-state index in [1.165, 1.54) is 5.00 Å². The van der Waals surface area contributed by atoms with Gasteiger partial charge in [0.15, 0.2) is 6.61 Å². The van der Waals surface area contributed by atoms with Gasteiger partial charge in [-0.15, -0.1) is 11.3 Å². The molecule has 1 amide bonds. The van der Waals surface area contributed by atoms with Gasteiger partial charge >= 0.3 is 0 Å². The number of hydrogen-bond donors (Lipinski definition) is 1. The van der Waals surface area contributed by atoms with Crippen molar-refractivity contribution < 1.29 is 14.3 Å². The van der Waals surface area contributed by atoms with Gasteiger partial charge in [0.25, 0.3) is 5.91 Å². The van der Waals surface area contributed by atoms with Crippen molar-refractivity contribution in [1.82, 2.24) is 5.43 Å². The maximum atomic E-state index is 11.8. The summed E-state index contributed by atoms with van der Waals surface area (Å²) in [7, 11) is 0. The van der Waals surface area contributed by atoms with Gasteiger partial charge in [-0.3, -0.25) is 4.79 Å². The van der Waals surface area contributed by atoms with Gasteiger partial charge in [0, 0.05) is 23.0 Å². The Labute approximate surface area is 161 Å². The van der Waals surface area contributed by atoms with Gasteiger partial charge < -0.3 is 14.4 Å². The monoisotopic (exact) mass is 393 g/mol. The zero-order chi connectivity index (χ0) is 18.4. The Kier molecular flexibility index (Phi) is 6.49. The van der Waals surface area contributed by atoms with E-state index in [1.54, 1.807) is 35.8 Å². The van der Waals surface area contributed by atoms with Crippen LogP contribution in [0.3, 0.4) is 0 Å². The molecule has 0 aliphatic carbocycles. The number of hydrazone groups is 1. The predicted octanol–water partition coefficient (Wildman–Crippen LogP) is 3.08. The second-order valence-electron chi connectivity index (χ2n) is 5.77. The van der Waals surface area contributed by atoms with Crippen molar-refractivity contribution in [3.8, 4) is 5.75 Å². The van der Waals surface area contributed by atoms with E-state index >= 15 is 0 Å². The number of aryl methyl sites for hydroxylation is 1. The standard InChI is InChI=1S/C18H20ClN3O3S/c1-13-10-14(2-4-16(13)19)25-12-17(23)21-20-11-15-3-5-18(26-15)22-6-8-24-9-7-22/h2-5,10-11H,6-9,12H2,1H3,(H,21,23)/b20-11-. The lowest BCUT2D eigenvalue weighted by atomic mass is 10.2. The summed E-state index contributed by atoms with van der Waals surface area (Å²) in [4.78, 5) is 15.1. The lowest BCUT2D eigenvalue weighted by molar-refractivity contribution is -0.123. The summed E-state index contributed by atoms with van der Waals surface area (Å²) in [6.45, 7) is 5.08. The van der Waals surface area contributed by atoms with Gasteiger partial charge in [-0.2, -0.15) is 5.10 Å². The summed E-state index contributed by atoms with van der Waals surface area (Å²) in [6, 6.07) is 9.30. The van der Waals surface area contributed by atoms with Crippen molar-refractivity contribution in [1.29, 1.82) is 0 Å². The third-order valence-corrected chi connectivity index (χ3v) is 5.32. The van der Waals surface area contributed by atoms with E-state index in [-0.39, 0.29) is 12.5 Å². The molecule has 1 aliphatic heterocycles. The molecular weight excluding hydrogens is 374 g/mol. The highest BCUT2D eigenvalue weighted by atomic mass is 35.5. The van der Waals surface area contributed by atoms with Crippen LogP contribution in [0.1, 0.15) is 10.4 Å². The van der Waals surface area contributed by atoms with E-state index in [0.717, 1.165) is 36.7 Å². The Morgan fingerprint density at radius 2 is 2.19 bits per heavy atom. The smallest absolute Gasteiger partial charge is 0.277 e. The third-order valence-electron chi connectivity index (χ3n) is 3.82. The molecule has 1 aromatic carbocycles. The van der Waals surface area contributed by atoms with Crippen LogP contribution >= 0.6 is 22.9 Å². The Balaban J connectivity index is 1.45. The van der Waals surface area contributed by atoms with Gasteiger partial charge in [-0.25, -0.2) is 5.43 Å². The van der Waals surface area contributed by atoms with Gasteiger partial charge in [0.05, 0.1) is 24.4 Å². The summed E-state index contributed by atoms with van der Waals surface area (Å²) in [5, 5.41) is 5.83. The highest BCUT2D eigenvalue weighted by Crippen LogP contribution is 2.25. The third kappa shape index (κ3) is 5.20. The molecule has 3 rings (SSSR count). The van der Waals surface area contributed by atoms with Crippen LogP contribution in [0.25, 0.3) is 0 Å². The summed E-state index contributed by atoms with van der Waals surface area (Å²) in [6.07, 6.45) is 1.64. The molecule has 0 unspecified atom stereocenters. The van der Waals surface area contributed by atoms with Gasteiger partial charge in [-0.05, 0) is 42.8 Å². The number of nitrogens with one attached hydrogen (secondary N) is 1. The largest absolute Gasteiger partial charge is 0.484 e. The summed E-state index contributed by atoms with van der Waals surface area (Å²) < 4.78 is 10.8. The topological polar surface area (TPSA) is 63.2 Å². The number of anilines is 1. The number of ether oxygens (including phenoxy) is 2. The number of amides is 1. The minimum Gasteiger partial charge on any atom is -0.484 e. The predicted molar refractivity (Wildman–Crippen MR) is 105 cm³/mol. The lowest BCUT2D eigenvalue weighted by Crippen LogP contribution is -2.35. The van der Waals surface area contributed by atoms with E-state index in [2.05, 4.69) is 21.5 Å². The summed E-state index contributed by atoms with van der Waals surface area (Å²) in [5.41, 5.74) is 3.37. The second kappa shape index (κ2) is 9.02. The van der Waals surface area contributed by atoms with Crippen molar-refractivity contribution in [2.45, 2.75) is 6.92 Å². The number of morpholine rings is 1. The quantitative estimate of drug-likeness (QED) is 0.605. The zero-order valence-electron chi connectivity index (χ0n) is 14.4. The van der Waals surface area contributed by atoms with Crippen LogP contribution in [0.5, 0.6) is 5.75 Å². The molecule has 1 fully saturated rings. The highest BCUT2D eigenvalue weighted by molar-refractivity contribution is 7.17. The first-order valence-electron chi connectivity index (χ1n) is 8.25. The SMILES string of the molecule is Cc1cc(OCC(=O)N/N=C\c2ccc(N3CCOCC3)s2)ccc1Cl. The number of carbonyl (C=O) groups is 1. The molecule has 2 heterocycles. The minimum atomic E-state index is -0.321. The first kappa shape index (κ1) is 18.7. The number of nitrogens with zero attached hydrogens (tertiary/aromatic N) is 2. The number of halogens is 1. The molecule has 1 aliphatic rings. The van der Waals surface area contributed by atoms with E-state index < -0.39 is 0 Å². The Morgan fingerprint density at radius 1 is 1.38 bits per heavy atom. The minimum absolute atomic E-state index is 0.109. The first-order chi connectivity index (χ1) is 12.6. The van der Waals surface area contributed by atoms with Crippen LogP contribution in [0.2, 0.25) is 5.02 Å². The summed E-state index contributed by atoms with van der Waals surface area (Å²) in [5.74, 6) is 0.276. The molecule has 26 heavy (non-hydrogen) atoms. The van der Waals surface area contributed by atoms with Gasteiger partial charge in [0.2, 0.25) is 0 Å². The Morgan fingerprint density at radius 3 is 2.96 bits per heavy atom. The van der Waals surface area contributed by atoms with E-state index in [9.17, 15) is 4.79 Å². The second-order valence-corrected chi connectivity index (χ2v) is 7.27. The summed E-state index contributed by atoms with van der Waals surface area (Å²) >= 11 is 7.59. The fourth-order valence-electron chi connectivity index (χ4n) is 2.42. The van der Waals surface area contributed by atoms with Crippen molar-refractivity contribution in [3.63, 3.8) is 0 Å². The molecule has 6 nitrogen and oxygen atoms in total. The van der Waals surface area contributed by atoms with E-state index in [1.807, 2.05) is 13.0 Å². The highest BCUT2D eigenvalue weighted by Gasteiger charge is 2.12. The van der Waals surface area contributed by atoms with Crippen molar-refractivity contribution >= 4 is 40.1 Å². The molecule has 0 spiro atoms. The number of carbonyl (C=O) groups excluding carboxylic acids is 1. The van der Waals surface area contributed by atoms with Crippen LogP contribution in [-0.2, 0) is 9.53 Å². The van der Waals surface area contributed by atoms with Crippen LogP contribution < -0.4 is 15.1 Å². The molecule has 0 bridgehead atoms. The van der Waals surface area contributed by atoms with Crippen LogP contribution in [-0.4, -0.2) is 45.0 Å². The molecule has 8 heteroatoms. The van der Waals surface area contributed by atoms with Gasteiger partial charge in [0.1, 0.15) is 5.75 Å². The lowest BCUT2D eigenvalue weighted by Gasteiger charge is -2.27. The average molecular weight is 394 g/mol. The average Bonchev–Trinajstić information content (AvgIpc) is 3.12. The van der Waals surface area contributed by atoms with E-state index in [4.69, 9.17) is 21.1 Å². The molecule has 0 saturated carbocycles. The normalized spacial score (nSPS) is 14.6. The van der Waals surface area contributed by atoms with Crippen molar-refractivity contribution in [2.75, 3.05) is 37.8 Å². The maximum Gasteiger partial charge on any atom is 0.277 e. The van der Waals surface area contributed by atoms with Crippen LogP contribution in [0.4, 0.5) is 5.00 Å². The molecule has 1 saturated heterocycles. The molecule has 0 atom stereocenters. The Hall–Kier alpha value is -2.09. The van der Waals surface area contributed by atoms with Crippen molar-refractivity contribution in [2.24, 2.45) is 5.10 Å². The molecule has 2 aromatic rings. The molecule has 1 N–H and O–H groups in total. The molecule has 1 aromatic heterocycles. The zero-order valence-corrected chi connectivity index (χ0v) is 16.0. The van der Waals surface area contributed by atoms with E-state index in [0.29, 0.717) is 10.8 Å². The van der Waals surface area contributed by atoms with Crippen LogP contribution in [0.15, 0.2) is 35.4 Å². The van der Waals surface area contributed by atoms with Gasteiger partial charge in [-0.1, -0.05) is 11.6 Å². The first-order valence-corrected chi connectivity index (χ1v) is 9.44. The molecule has 138 valence electrons. The Bertz CT molecular complexity index is 788. The fourth-order valence-corrected chi connectivity index (χ4v) is 3.47.